The van der Waals surface area contributed by atoms with E-state index in [0.717, 1.165) is 68.1 Å². The Kier molecular flexibility index (Phi) is 12.0. The summed E-state index contributed by atoms with van der Waals surface area (Å²) in [5.74, 6) is -2.51. The van der Waals surface area contributed by atoms with Crippen molar-refractivity contribution in [3.8, 4) is 10.4 Å². The third-order valence-electron chi connectivity index (χ3n) is 8.36. The van der Waals surface area contributed by atoms with Gasteiger partial charge in [0.15, 0.2) is 0 Å². The van der Waals surface area contributed by atoms with Gasteiger partial charge >= 0.3 is 12.1 Å². The Bertz CT molecular complexity index is 1240. The maximum absolute atomic E-state index is 13.3. The fourth-order valence-electron chi connectivity index (χ4n) is 5.72. The fraction of sp³-hybridized carbons (Fsp3) is 0.581. The number of carbonyl (C=O) groups is 3. The van der Waals surface area contributed by atoms with Crippen molar-refractivity contribution in [2.75, 3.05) is 76.7 Å². The van der Waals surface area contributed by atoms with Gasteiger partial charge in [0.1, 0.15) is 6.54 Å². The molecule has 0 spiro atoms. The smallest absolute Gasteiger partial charge is 0.369 e. The van der Waals surface area contributed by atoms with E-state index in [9.17, 15) is 27.6 Å². The van der Waals surface area contributed by atoms with Crippen LogP contribution in [0.25, 0.3) is 10.4 Å². The standard InChI is InChI=1S/C31H43F3N6O3S/c1-35-27(41)6-4-3-5-15-38-18-20-39(21-19-38)24-9-7-23(8-10-24)26-11-12-29(44-26)36-28(42)22-40(30(43)31(32,33)34)25-13-16-37(2)17-14-25/h7-12,25H,3-6,13-22H2,1-2H3,(H,35,41)(H,36,42). The topological polar surface area (TPSA) is 88.2 Å². The highest BCUT2D eigenvalue weighted by molar-refractivity contribution is 7.19. The first-order valence-corrected chi connectivity index (χ1v) is 16.1. The van der Waals surface area contributed by atoms with Crippen molar-refractivity contribution >= 4 is 39.7 Å². The van der Waals surface area contributed by atoms with Gasteiger partial charge in [0.2, 0.25) is 11.8 Å². The SMILES string of the molecule is CNC(=O)CCCCCN1CCN(c2ccc(-c3ccc(NC(=O)CN(C(=O)C(F)(F)F)C4CCN(C)CC4)s3)cc2)CC1. The molecule has 2 aromatic rings. The predicted molar refractivity (Wildman–Crippen MR) is 168 cm³/mol. The lowest BCUT2D eigenvalue weighted by atomic mass is 10.0. The quantitative estimate of drug-likeness (QED) is 0.339. The largest absolute Gasteiger partial charge is 0.471 e. The van der Waals surface area contributed by atoms with Crippen LogP contribution in [0.2, 0.25) is 0 Å². The molecule has 1 aromatic heterocycles. The van der Waals surface area contributed by atoms with Gasteiger partial charge < -0.3 is 25.3 Å². The highest BCUT2D eigenvalue weighted by Gasteiger charge is 2.45. The lowest BCUT2D eigenvalue weighted by Gasteiger charge is -2.37. The van der Waals surface area contributed by atoms with E-state index in [1.165, 1.54) is 11.3 Å². The highest BCUT2D eigenvalue weighted by atomic mass is 32.1. The van der Waals surface area contributed by atoms with Crippen LogP contribution < -0.4 is 15.5 Å². The summed E-state index contributed by atoms with van der Waals surface area (Å²) in [5.41, 5.74) is 2.13. The lowest BCUT2D eigenvalue weighted by molar-refractivity contribution is -0.188. The number of hydrogen-bond acceptors (Lipinski definition) is 7. The number of nitrogens with zero attached hydrogens (tertiary/aromatic N) is 4. The molecule has 2 saturated heterocycles. The zero-order chi connectivity index (χ0) is 31.7. The molecule has 0 radical (unpaired) electrons. The predicted octanol–water partition coefficient (Wildman–Crippen LogP) is 4.27. The van der Waals surface area contributed by atoms with Gasteiger partial charge in [0.25, 0.3) is 0 Å². The Hall–Kier alpha value is -3.16. The summed E-state index contributed by atoms with van der Waals surface area (Å²) in [6.45, 7) is 5.42. The zero-order valence-corrected chi connectivity index (χ0v) is 26.3. The molecule has 44 heavy (non-hydrogen) atoms. The molecule has 2 aliphatic heterocycles. The number of piperazine rings is 1. The van der Waals surface area contributed by atoms with Crippen LogP contribution in [-0.2, 0) is 14.4 Å². The molecule has 242 valence electrons. The van der Waals surface area contributed by atoms with E-state index in [1.807, 2.05) is 30.1 Å². The number of carbonyl (C=O) groups excluding carboxylic acids is 3. The Labute approximate surface area is 261 Å². The van der Waals surface area contributed by atoms with Gasteiger partial charge in [-0.15, -0.1) is 11.3 Å². The van der Waals surface area contributed by atoms with Crippen molar-refractivity contribution < 1.29 is 27.6 Å². The first kappa shape index (κ1) is 33.7. The van der Waals surface area contributed by atoms with E-state index in [1.54, 1.807) is 13.1 Å². The number of halogens is 3. The minimum absolute atomic E-state index is 0.0997. The van der Waals surface area contributed by atoms with Gasteiger partial charge in [-0.25, -0.2) is 0 Å². The van der Waals surface area contributed by atoms with Gasteiger partial charge in [0.05, 0.1) is 5.00 Å². The number of nitrogens with one attached hydrogen (secondary N) is 2. The molecule has 1 aromatic carbocycles. The summed E-state index contributed by atoms with van der Waals surface area (Å²) in [6, 6.07) is 11.2. The number of hydrogen-bond donors (Lipinski definition) is 2. The number of likely N-dealkylation sites (tertiary alicyclic amines) is 1. The highest BCUT2D eigenvalue weighted by Crippen LogP contribution is 2.33. The Morgan fingerprint density at radius 3 is 2.23 bits per heavy atom. The molecule has 3 heterocycles. The fourth-order valence-corrected chi connectivity index (χ4v) is 6.64. The van der Waals surface area contributed by atoms with E-state index < -0.39 is 30.6 Å². The number of thiophene rings is 1. The molecule has 9 nitrogen and oxygen atoms in total. The van der Waals surface area contributed by atoms with Crippen molar-refractivity contribution in [1.82, 2.24) is 20.0 Å². The normalized spacial score (nSPS) is 17.0. The number of alkyl halides is 3. The molecule has 2 aliphatic rings. The molecular formula is C31H43F3N6O3S. The second-order valence-corrected chi connectivity index (χ2v) is 12.6. The van der Waals surface area contributed by atoms with Crippen molar-refractivity contribution in [3.63, 3.8) is 0 Å². The van der Waals surface area contributed by atoms with Crippen LogP contribution in [0.15, 0.2) is 36.4 Å². The third kappa shape index (κ3) is 9.67. The summed E-state index contributed by atoms with van der Waals surface area (Å²) in [6.07, 6.45) is -0.593. The van der Waals surface area contributed by atoms with Crippen LogP contribution in [0.5, 0.6) is 0 Å². The Morgan fingerprint density at radius 2 is 1.59 bits per heavy atom. The van der Waals surface area contributed by atoms with Crippen LogP contribution in [0.4, 0.5) is 23.9 Å². The summed E-state index contributed by atoms with van der Waals surface area (Å²) in [7, 11) is 3.55. The van der Waals surface area contributed by atoms with E-state index in [0.29, 0.717) is 42.3 Å². The molecule has 4 rings (SSSR count). The van der Waals surface area contributed by atoms with Crippen LogP contribution in [0.3, 0.4) is 0 Å². The third-order valence-corrected chi connectivity index (χ3v) is 9.41. The van der Waals surface area contributed by atoms with Gasteiger partial charge in [-0.05, 0) is 82.2 Å². The van der Waals surface area contributed by atoms with Crippen LogP contribution in [-0.4, -0.2) is 111 Å². The zero-order valence-electron chi connectivity index (χ0n) is 25.5. The van der Waals surface area contributed by atoms with Gasteiger partial charge in [-0.2, -0.15) is 13.2 Å². The number of unbranched alkanes of at least 4 members (excludes halogenated alkanes) is 2. The molecular weight excluding hydrogens is 593 g/mol. The Balaban J connectivity index is 1.25. The maximum atomic E-state index is 13.3. The van der Waals surface area contributed by atoms with Gasteiger partial charge in [-0.3, -0.25) is 19.3 Å². The average Bonchev–Trinajstić information content (AvgIpc) is 3.48. The van der Waals surface area contributed by atoms with E-state index in [4.69, 9.17) is 0 Å². The molecule has 0 atom stereocenters. The van der Waals surface area contributed by atoms with Crippen molar-refractivity contribution in [1.29, 1.82) is 0 Å². The summed E-state index contributed by atoms with van der Waals surface area (Å²) in [5, 5.41) is 5.86. The van der Waals surface area contributed by atoms with Gasteiger partial charge in [-0.1, -0.05) is 18.6 Å². The van der Waals surface area contributed by atoms with Crippen LogP contribution in [0.1, 0.15) is 38.5 Å². The summed E-state index contributed by atoms with van der Waals surface area (Å²) >= 11 is 1.34. The Morgan fingerprint density at radius 1 is 0.909 bits per heavy atom. The molecule has 0 bridgehead atoms. The van der Waals surface area contributed by atoms with Crippen molar-refractivity contribution in [2.45, 2.75) is 50.7 Å². The summed E-state index contributed by atoms with van der Waals surface area (Å²) < 4.78 is 39.9. The van der Waals surface area contributed by atoms with Crippen molar-refractivity contribution in [2.24, 2.45) is 0 Å². The number of benzene rings is 1. The molecule has 13 heteroatoms. The van der Waals surface area contributed by atoms with Crippen molar-refractivity contribution in [3.05, 3.63) is 36.4 Å². The summed E-state index contributed by atoms with van der Waals surface area (Å²) in [4.78, 5) is 44.7. The van der Waals surface area contributed by atoms with E-state index in [-0.39, 0.29) is 5.91 Å². The van der Waals surface area contributed by atoms with E-state index in [2.05, 4.69) is 32.6 Å². The maximum Gasteiger partial charge on any atom is 0.471 e. The first-order chi connectivity index (χ1) is 21.0. The molecule has 0 saturated carbocycles. The first-order valence-electron chi connectivity index (χ1n) is 15.3. The number of rotatable bonds is 12. The lowest BCUT2D eigenvalue weighted by Crippen LogP contribution is -2.53. The average molecular weight is 637 g/mol. The molecule has 2 N–H and O–H groups in total. The number of anilines is 2. The number of piperidine rings is 1. The minimum atomic E-state index is -5.03. The second kappa shape index (κ2) is 15.7. The number of amides is 3. The molecule has 3 amide bonds. The van der Waals surface area contributed by atoms with Crippen LogP contribution >= 0.6 is 11.3 Å². The second-order valence-electron chi connectivity index (χ2n) is 11.5. The monoisotopic (exact) mass is 636 g/mol. The van der Waals surface area contributed by atoms with Gasteiger partial charge in [0, 0.05) is 56.3 Å². The van der Waals surface area contributed by atoms with Crippen LogP contribution in [0, 0.1) is 0 Å². The molecule has 0 unspecified atom stereocenters. The van der Waals surface area contributed by atoms with E-state index >= 15 is 0 Å². The molecule has 2 fully saturated rings. The minimum Gasteiger partial charge on any atom is -0.369 e. The molecule has 0 aliphatic carbocycles.